The van der Waals surface area contributed by atoms with E-state index in [1.54, 1.807) is 6.92 Å². The molecule has 0 spiro atoms. The van der Waals surface area contributed by atoms with Crippen LogP contribution >= 0.6 is 27.7 Å². The molecule has 6 heteroatoms. The molecule has 4 nitrogen and oxygen atoms in total. The van der Waals surface area contributed by atoms with E-state index in [-0.39, 0.29) is 0 Å². The summed E-state index contributed by atoms with van der Waals surface area (Å²) in [6, 6.07) is 6.20. The van der Waals surface area contributed by atoms with Gasteiger partial charge in [0, 0.05) is 22.8 Å². The Morgan fingerprint density at radius 3 is 2.82 bits per heavy atom. The van der Waals surface area contributed by atoms with Crippen molar-refractivity contribution in [3.63, 3.8) is 0 Å². The van der Waals surface area contributed by atoms with Crippen LogP contribution in [0.2, 0.25) is 0 Å². The zero-order valence-electron chi connectivity index (χ0n) is 9.53. The van der Waals surface area contributed by atoms with Gasteiger partial charge in [0.1, 0.15) is 0 Å². The zero-order valence-corrected chi connectivity index (χ0v) is 11.9. The van der Waals surface area contributed by atoms with Crippen molar-refractivity contribution in [2.24, 2.45) is 0 Å². The summed E-state index contributed by atoms with van der Waals surface area (Å²) in [5, 5.41) is 11.4. The molecule has 0 atom stereocenters. The van der Waals surface area contributed by atoms with Gasteiger partial charge in [-0.25, -0.2) is 0 Å². The molecule has 0 unspecified atom stereocenters. The van der Waals surface area contributed by atoms with Crippen molar-refractivity contribution in [3.8, 4) is 0 Å². The summed E-state index contributed by atoms with van der Waals surface area (Å²) in [4.78, 5) is 1.06. The van der Waals surface area contributed by atoms with Gasteiger partial charge in [-0.15, -0.1) is 10.2 Å². The predicted octanol–water partition coefficient (Wildman–Crippen LogP) is 3.01. The SMILES string of the molecule is CNCc1ccc(Sc2nnc(C)o2)c(Br)c1. The second-order valence-electron chi connectivity index (χ2n) is 3.48. The van der Waals surface area contributed by atoms with Crippen LogP contribution in [0.5, 0.6) is 0 Å². The second kappa shape index (κ2) is 5.66. The van der Waals surface area contributed by atoms with Crippen LogP contribution in [0.15, 0.2) is 37.2 Å². The standard InChI is InChI=1S/C11H12BrN3OS/c1-7-14-15-11(16-7)17-10-4-3-8(6-13-2)5-9(10)12/h3-5,13H,6H2,1-2H3. The van der Waals surface area contributed by atoms with Crippen LogP contribution in [0, 0.1) is 6.92 Å². The highest BCUT2D eigenvalue weighted by Gasteiger charge is 2.08. The zero-order chi connectivity index (χ0) is 12.3. The summed E-state index contributed by atoms with van der Waals surface area (Å²) in [7, 11) is 1.93. The summed E-state index contributed by atoms with van der Waals surface area (Å²) in [6.07, 6.45) is 0. The Labute approximate surface area is 112 Å². The molecule has 2 rings (SSSR count). The van der Waals surface area contributed by atoms with Gasteiger partial charge in [0.2, 0.25) is 5.89 Å². The molecule has 1 N–H and O–H groups in total. The first-order valence-electron chi connectivity index (χ1n) is 5.10. The first kappa shape index (κ1) is 12.6. The summed E-state index contributed by atoms with van der Waals surface area (Å²) in [6.45, 7) is 2.63. The van der Waals surface area contributed by atoms with Crippen molar-refractivity contribution < 1.29 is 4.42 Å². The molecule has 0 aliphatic carbocycles. The number of nitrogens with one attached hydrogen (secondary N) is 1. The van der Waals surface area contributed by atoms with Gasteiger partial charge in [-0.1, -0.05) is 6.07 Å². The maximum absolute atomic E-state index is 5.33. The Morgan fingerprint density at radius 1 is 1.41 bits per heavy atom. The molecule has 0 bridgehead atoms. The number of hydrogen-bond acceptors (Lipinski definition) is 5. The van der Waals surface area contributed by atoms with Crippen molar-refractivity contribution in [3.05, 3.63) is 34.1 Å². The molecule has 0 fully saturated rings. The molecule has 0 radical (unpaired) electrons. The van der Waals surface area contributed by atoms with Gasteiger partial charge in [-0.3, -0.25) is 0 Å². The number of rotatable bonds is 4. The van der Waals surface area contributed by atoms with Crippen LogP contribution in [-0.2, 0) is 6.54 Å². The molecule has 17 heavy (non-hydrogen) atoms. The molecule has 1 aromatic carbocycles. The van der Waals surface area contributed by atoms with E-state index in [4.69, 9.17) is 4.42 Å². The molecule has 90 valence electrons. The Bertz CT molecular complexity index is 515. The van der Waals surface area contributed by atoms with Crippen molar-refractivity contribution in [2.45, 2.75) is 23.6 Å². The quantitative estimate of drug-likeness (QED) is 0.940. The second-order valence-corrected chi connectivity index (χ2v) is 5.33. The first-order valence-corrected chi connectivity index (χ1v) is 6.71. The average Bonchev–Trinajstić information content (AvgIpc) is 2.69. The number of hydrogen-bond donors (Lipinski definition) is 1. The van der Waals surface area contributed by atoms with Crippen LogP contribution in [0.1, 0.15) is 11.5 Å². The van der Waals surface area contributed by atoms with Gasteiger partial charge in [0.15, 0.2) is 0 Å². The minimum absolute atomic E-state index is 0.560. The van der Waals surface area contributed by atoms with Crippen LogP contribution in [0.25, 0.3) is 0 Å². The highest BCUT2D eigenvalue weighted by molar-refractivity contribution is 9.10. The summed E-state index contributed by atoms with van der Waals surface area (Å²) >= 11 is 5.00. The minimum Gasteiger partial charge on any atom is -0.416 e. The Hall–Kier alpha value is -0.850. The third-order valence-corrected chi connectivity index (χ3v) is 3.92. The normalized spacial score (nSPS) is 10.8. The van der Waals surface area contributed by atoms with Gasteiger partial charge in [-0.05, 0) is 52.4 Å². The van der Waals surface area contributed by atoms with Crippen LogP contribution in [0.4, 0.5) is 0 Å². The van der Waals surface area contributed by atoms with E-state index in [0.717, 1.165) is 15.9 Å². The van der Waals surface area contributed by atoms with Gasteiger partial charge in [-0.2, -0.15) is 0 Å². The lowest BCUT2D eigenvalue weighted by molar-refractivity contribution is 0.429. The third kappa shape index (κ3) is 3.31. The number of aromatic nitrogens is 2. The molecular weight excluding hydrogens is 302 g/mol. The Kier molecular flexibility index (Phi) is 4.20. The Balaban J connectivity index is 2.16. The predicted molar refractivity (Wildman–Crippen MR) is 70.1 cm³/mol. The molecule has 0 aliphatic heterocycles. The number of halogens is 1. The smallest absolute Gasteiger partial charge is 0.281 e. The van der Waals surface area contributed by atoms with Crippen LogP contribution < -0.4 is 5.32 Å². The van der Waals surface area contributed by atoms with Crippen LogP contribution in [0.3, 0.4) is 0 Å². The van der Waals surface area contributed by atoms with Crippen molar-refractivity contribution in [1.82, 2.24) is 15.5 Å². The van der Waals surface area contributed by atoms with Gasteiger partial charge < -0.3 is 9.73 Å². The first-order chi connectivity index (χ1) is 8.19. The van der Waals surface area contributed by atoms with Crippen molar-refractivity contribution in [2.75, 3.05) is 7.05 Å². The van der Waals surface area contributed by atoms with E-state index in [1.807, 2.05) is 13.1 Å². The van der Waals surface area contributed by atoms with Crippen molar-refractivity contribution >= 4 is 27.7 Å². The van der Waals surface area contributed by atoms with Crippen LogP contribution in [-0.4, -0.2) is 17.2 Å². The lowest BCUT2D eigenvalue weighted by atomic mass is 10.2. The molecule has 0 amide bonds. The summed E-state index contributed by atoms with van der Waals surface area (Å²) in [5.74, 6) is 0.579. The van der Waals surface area contributed by atoms with Gasteiger partial charge in [0.05, 0.1) is 0 Å². The van der Waals surface area contributed by atoms with E-state index in [0.29, 0.717) is 11.1 Å². The van der Waals surface area contributed by atoms with Gasteiger partial charge in [0.25, 0.3) is 5.22 Å². The molecule has 1 heterocycles. The molecule has 0 saturated heterocycles. The van der Waals surface area contributed by atoms with E-state index < -0.39 is 0 Å². The molecule has 0 saturated carbocycles. The highest BCUT2D eigenvalue weighted by atomic mass is 79.9. The van der Waals surface area contributed by atoms with Gasteiger partial charge >= 0.3 is 0 Å². The fraction of sp³-hybridized carbons (Fsp3) is 0.273. The largest absolute Gasteiger partial charge is 0.416 e. The van der Waals surface area contributed by atoms with Crippen molar-refractivity contribution in [1.29, 1.82) is 0 Å². The molecule has 2 aromatic rings. The topological polar surface area (TPSA) is 51.0 Å². The number of benzene rings is 1. The average molecular weight is 314 g/mol. The van der Waals surface area contributed by atoms with E-state index in [9.17, 15) is 0 Å². The lowest BCUT2D eigenvalue weighted by Gasteiger charge is -2.04. The minimum atomic E-state index is 0.560. The molecule has 0 aliphatic rings. The molecule has 1 aromatic heterocycles. The lowest BCUT2D eigenvalue weighted by Crippen LogP contribution is -2.04. The highest BCUT2D eigenvalue weighted by Crippen LogP contribution is 2.33. The van der Waals surface area contributed by atoms with E-state index in [2.05, 4.69) is 43.6 Å². The summed E-state index contributed by atoms with van der Waals surface area (Å²) < 4.78 is 6.36. The number of aryl methyl sites for hydroxylation is 1. The fourth-order valence-corrected chi connectivity index (χ4v) is 2.75. The Morgan fingerprint density at radius 2 is 2.24 bits per heavy atom. The number of nitrogens with zero attached hydrogens (tertiary/aromatic N) is 2. The fourth-order valence-electron chi connectivity index (χ4n) is 1.35. The monoisotopic (exact) mass is 313 g/mol. The molecular formula is C11H12BrN3OS. The summed E-state index contributed by atoms with van der Waals surface area (Å²) in [5.41, 5.74) is 1.23. The van der Waals surface area contributed by atoms with E-state index >= 15 is 0 Å². The van der Waals surface area contributed by atoms with E-state index in [1.165, 1.54) is 17.3 Å². The maximum Gasteiger partial charge on any atom is 0.281 e. The third-order valence-electron chi connectivity index (χ3n) is 2.08. The maximum atomic E-state index is 5.33.